The van der Waals surface area contributed by atoms with Crippen molar-refractivity contribution in [1.29, 1.82) is 0 Å². The average molecular weight is 246 g/mol. The Bertz CT molecular complexity index is 379. The summed E-state index contributed by atoms with van der Waals surface area (Å²) in [4.78, 5) is 4.62. The Kier molecular flexibility index (Phi) is 4.76. The highest BCUT2D eigenvalue weighted by molar-refractivity contribution is 5.25. The molecule has 1 aliphatic rings. The molecule has 100 valence electrons. The van der Waals surface area contributed by atoms with Crippen LogP contribution in [0.5, 0.6) is 0 Å². The number of hydrogen-bond donors (Lipinski definition) is 1. The lowest BCUT2D eigenvalue weighted by atomic mass is 9.86. The molecule has 2 rings (SSSR count). The fraction of sp³-hybridized carbons (Fsp3) is 0.688. The number of rotatable bonds is 3. The van der Waals surface area contributed by atoms with Crippen molar-refractivity contribution in [3.63, 3.8) is 0 Å². The molecular formula is C16H26N2. The largest absolute Gasteiger partial charge is 0.313 e. The molecule has 1 aromatic heterocycles. The molecule has 1 aromatic rings. The Morgan fingerprint density at radius 2 is 1.78 bits per heavy atom. The first kappa shape index (κ1) is 13.5. The van der Waals surface area contributed by atoms with E-state index in [9.17, 15) is 0 Å². The molecule has 0 bridgehead atoms. The van der Waals surface area contributed by atoms with Gasteiger partial charge in [-0.15, -0.1) is 0 Å². The van der Waals surface area contributed by atoms with Gasteiger partial charge in [0.05, 0.1) is 0 Å². The summed E-state index contributed by atoms with van der Waals surface area (Å²) in [6.07, 6.45) is 8.33. The summed E-state index contributed by atoms with van der Waals surface area (Å²) in [7, 11) is 2.09. The predicted octanol–water partition coefficient (Wildman–Crippen LogP) is 3.93. The van der Waals surface area contributed by atoms with Crippen molar-refractivity contribution in [1.82, 2.24) is 10.3 Å². The van der Waals surface area contributed by atoms with Crippen LogP contribution in [0.2, 0.25) is 0 Å². The second-order valence-electron chi connectivity index (χ2n) is 5.65. The van der Waals surface area contributed by atoms with Gasteiger partial charge < -0.3 is 5.32 Å². The Hall–Kier alpha value is -0.890. The summed E-state index contributed by atoms with van der Waals surface area (Å²) in [6, 6.07) is 4.89. The minimum Gasteiger partial charge on any atom is -0.313 e. The fourth-order valence-corrected chi connectivity index (χ4v) is 3.32. The lowest BCUT2D eigenvalue weighted by molar-refractivity contribution is 0.340. The van der Waals surface area contributed by atoms with Gasteiger partial charge in [-0.05, 0) is 51.3 Å². The minimum absolute atomic E-state index is 0.483. The molecular weight excluding hydrogens is 220 g/mol. The first-order chi connectivity index (χ1) is 8.72. The van der Waals surface area contributed by atoms with Crippen LogP contribution in [0.3, 0.4) is 0 Å². The molecule has 0 radical (unpaired) electrons. The zero-order valence-electron chi connectivity index (χ0n) is 12.0. The Labute approximate surface area is 111 Å². The maximum Gasteiger partial charge on any atom is 0.0423 e. The summed E-state index contributed by atoms with van der Waals surface area (Å²) >= 11 is 0. The highest BCUT2D eigenvalue weighted by Crippen LogP contribution is 2.34. The normalized spacial score (nSPS) is 19.5. The van der Waals surface area contributed by atoms with E-state index in [-0.39, 0.29) is 0 Å². The highest BCUT2D eigenvalue weighted by atomic mass is 14.9. The molecule has 1 aliphatic carbocycles. The van der Waals surface area contributed by atoms with Crippen molar-refractivity contribution < 1.29 is 0 Å². The third kappa shape index (κ3) is 3.11. The van der Waals surface area contributed by atoms with Crippen molar-refractivity contribution in [3.8, 4) is 0 Å². The standard InChI is InChI=1S/C16H26N2/c1-12-10-11-15(13(2)18-12)16(17-3)14-8-6-4-5-7-9-14/h10-11,14,16-17H,4-9H2,1-3H3. The molecule has 0 spiro atoms. The SMILES string of the molecule is CNC(c1ccc(C)nc1C)C1CCCCCC1. The monoisotopic (exact) mass is 246 g/mol. The number of pyridine rings is 1. The minimum atomic E-state index is 0.483. The number of aryl methyl sites for hydroxylation is 2. The quantitative estimate of drug-likeness (QED) is 0.817. The highest BCUT2D eigenvalue weighted by Gasteiger charge is 2.24. The summed E-state index contributed by atoms with van der Waals surface area (Å²) in [5, 5.41) is 3.54. The maximum atomic E-state index is 4.62. The fourth-order valence-electron chi connectivity index (χ4n) is 3.32. The van der Waals surface area contributed by atoms with Crippen molar-refractivity contribution >= 4 is 0 Å². The van der Waals surface area contributed by atoms with Gasteiger partial charge in [0.1, 0.15) is 0 Å². The van der Waals surface area contributed by atoms with E-state index in [1.807, 2.05) is 0 Å². The van der Waals surface area contributed by atoms with Crippen LogP contribution in [-0.2, 0) is 0 Å². The van der Waals surface area contributed by atoms with E-state index >= 15 is 0 Å². The van der Waals surface area contributed by atoms with Crippen LogP contribution in [-0.4, -0.2) is 12.0 Å². The van der Waals surface area contributed by atoms with Gasteiger partial charge in [0, 0.05) is 17.4 Å². The van der Waals surface area contributed by atoms with Gasteiger partial charge in [0.2, 0.25) is 0 Å². The van der Waals surface area contributed by atoms with Gasteiger partial charge in [-0.3, -0.25) is 4.98 Å². The molecule has 18 heavy (non-hydrogen) atoms. The molecule has 1 N–H and O–H groups in total. The summed E-state index contributed by atoms with van der Waals surface area (Å²) in [5.41, 5.74) is 3.71. The zero-order chi connectivity index (χ0) is 13.0. The van der Waals surface area contributed by atoms with Gasteiger partial charge in [0.15, 0.2) is 0 Å². The van der Waals surface area contributed by atoms with E-state index in [1.165, 1.54) is 49.8 Å². The van der Waals surface area contributed by atoms with Crippen molar-refractivity contribution in [2.75, 3.05) is 7.05 Å². The first-order valence-corrected chi connectivity index (χ1v) is 7.34. The number of hydrogen-bond acceptors (Lipinski definition) is 2. The lowest BCUT2D eigenvalue weighted by Gasteiger charge is -2.27. The van der Waals surface area contributed by atoms with Gasteiger partial charge in [-0.1, -0.05) is 31.7 Å². The second-order valence-corrected chi connectivity index (χ2v) is 5.65. The molecule has 1 heterocycles. The molecule has 0 saturated heterocycles. The molecule has 0 aromatic carbocycles. The Balaban J connectivity index is 2.20. The zero-order valence-corrected chi connectivity index (χ0v) is 12.0. The van der Waals surface area contributed by atoms with Crippen LogP contribution >= 0.6 is 0 Å². The first-order valence-electron chi connectivity index (χ1n) is 7.34. The molecule has 0 amide bonds. The Morgan fingerprint density at radius 1 is 1.11 bits per heavy atom. The third-order valence-electron chi connectivity index (χ3n) is 4.28. The topological polar surface area (TPSA) is 24.9 Å². The van der Waals surface area contributed by atoms with E-state index in [0.29, 0.717) is 6.04 Å². The van der Waals surface area contributed by atoms with Crippen molar-refractivity contribution in [3.05, 3.63) is 29.1 Å². The van der Waals surface area contributed by atoms with Crippen LogP contribution in [0.25, 0.3) is 0 Å². The smallest absolute Gasteiger partial charge is 0.0423 e. The van der Waals surface area contributed by atoms with E-state index in [2.05, 4.69) is 43.3 Å². The summed E-state index contributed by atoms with van der Waals surface area (Å²) in [6.45, 7) is 4.21. The maximum absolute atomic E-state index is 4.62. The third-order valence-corrected chi connectivity index (χ3v) is 4.28. The summed E-state index contributed by atoms with van der Waals surface area (Å²) < 4.78 is 0. The van der Waals surface area contributed by atoms with Crippen LogP contribution in [0, 0.1) is 19.8 Å². The summed E-state index contributed by atoms with van der Waals surface area (Å²) in [5.74, 6) is 0.778. The van der Waals surface area contributed by atoms with Crippen molar-refractivity contribution in [2.45, 2.75) is 58.4 Å². The molecule has 1 saturated carbocycles. The van der Waals surface area contributed by atoms with Gasteiger partial charge in [-0.2, -0.15) is 0 Å². The van der Waals surface area contributed by atoms with Gasteiger partial charge in [0.25, 0.3) is 0 Å². The predicted molar refractivity (Wildman–Crippen MR) is 76.7 cm³/mol. The van der Waals surface area contributed by atoms with E-state index < -0.39 is 0 Å². The molecule has 1 atom stereocenters. The second kappa shape index (κ2) is 6.33. The van der Waals surface area contributed by atoms with E-state index in [0.717, 1.165) is 11.6 Å². The molecule has 0 aliphatic heterocycles. The molecule has 2 nitrogen and oxygen atoms in total. The van der Waals surface area contributed by atoms with Crippen LogP contribution in [0.1, 0.15) is 61.5 Å². The van der Waals surface area contributed by atoms with Crippen molar-refractivity contribution in [2.24, 2.45) is 5.92 Å². The van der Waals surface area contributed by atoms with E-state index in [4.69, 9.17) is 0 Å². The number of aromatic nitrogens is 1. The Morgan fingerprint density at radius 3 is 2.33 bits per heavy atom. The van der Waals surface area contributed by atoms with Gasteiger partial charge >= 0.3 is 0 Å². The van der Waals surface area contributed by atoms with E-state index in [1.54, 1.807) is 0 Å². The van der Waals surface area contributed by atoms with Crippen LogP contribution < -0.4 is 5.32 Å². The van der Waals surface area contributed by atoms with Crippen LogP contribution in [0.4, 0.5) is 0 Å². The molecule has 1 unspecified atom stereocenters. The number of nitrogens with zero attached hydrogens (tertiary/aromatic N) is 1. The molecule has 1 fully saturated rings. The van der Waals surface area contributed by atoms with Crippen LogP contribution in [0.15, 0.2) is 12.1 Å². The molecule has 2 heteroatoms. The lowest BCUT2D eigenvalue weighted by Crippen LogP contribution is -2.26. The average Bonchev–Trinajstić information content (AvgIpc) is 2.62. The van der Waals surface area contributed by atoms with Gasteiger partial charge in [-0.25, -0.2) is 0 Å². The number of nitrogens with one attached hydrogen (secondary N) is 1.